The summed E-state index contributed by atoms with van der Waals surface area (Å²) < 4.78 is 51.5. The van der Waals surface area contributed by atoms with Crippen LogP contribution in [-0.4, -0.2) is 143 Å². The number of likely N-dealkylation sites (tertiary alicyclic amines) is 3. The number of hydrogen-bond acceptors (Lipinski definition) is 13. The predicted octanol–water partition coefficient (Wildman–Crippen LogP) is 13.0. The van der Waals surface area contributed by atoms with Gasteiger partial charge in [-0.2, -0.15) is 0 Å². The summed E-state index contributed by atoms with van der Waals surface area (Å²) in [7, 11) is 0. The topological polar surface area (TPSA) is 220 Å². The molecule has 24 heteroatoms. The average Bonchev–Trinajstić information content (AvgIpc) is 1.55. The third kappa shape index (κ3) is 13.8. The number of ketones is 1. The van der Waals surface area contributed by atoms with Gasteiger partial charge >= 0.3 is 18.3 Å². The number of carbonyl (C=O) groups is 7. The van der Waals surface area contributed by atoms with E-state index in [-0.39, 0.29) is 91.7 Å². The maximum atomic E-state index is 14.8. The van der Waals surface area contributed by atoms with Crippen LogP contribution in [0.1, 0.15) is 190 Å². The normalized spacial score (nSPS) is 18.0. The van der Waals surface area contributed by atoms with Gasteiger partial charge in [-0.25, -0.2) is 38.1 Å². The molecule has 22 nitrogen and oxygen atoms in total. The zero-order chi connectivity index (χ0) is 74.7. The number of allylic oxidation sites excluding steroid dienone is 4. The summed E-state index contributed by atoms with van der Waals surface area (Å²) in [5.41, 5.74) is 10.8. The minimum absolute atomic E-state index is 0.0185. The molecule has 3 aromatic heterocycles. The highest BCUT2D eigenvalue weighted by atomic mass is 19.1. The van der Waals surface area contributed by atoms with Gasteiger partial charge in [0, 0.05) is 79.3 Å². The van der Waals surface area contributed by atoms with Gasteiger partial charge in [-0.05, 0) is 192 Å². The number of hydrogen-bond donors (Lipinski definition) is 0. The zero-order valence-corrected chi connectivity index (χ0v) is 62.9. The molecule has 0 atom stereocenters. The summed E-state index contributed by atoms with van der Waals surface area (Å²) in [6.07, 6.45) is 9.98. The summed E-state index contributed by atoms with van der Waals surface area (Å²) in [5, 5.41) is 0. The molecule has 3 aliphatic carbocycles. The number of ether oxygens (including phenoxy) is 3. The molecule has 3 saturated heterocycles. The molecule has 3 aromatic carbocycles. The van der Waals surface area contributed by atoms with E-state index in [2.05, 4.69) is 4.57 Å². The van der Waals surface area contributed by atoms with Crippen LogP contribution in [0.25, 0.3) is 0 Å². The largest absolute Gasteiger partial charge is 0.447 e. The van der Waals surface area contributed by atoms with Gasteiger partial charge in [0.05, 0.1) is 74.7 Å². The molecule has 3 spiro atoms. The number of Topliss-reactive ketones (excluding diaryl/α,β-unsaturated/α-hetero) is 1. The van der Waals surface area contributed by atoms with Gasteiger partial charge < -0.3 is 57.3 Å². The van der Waals surface area contributed by atoms with E-state index in [0.717, 1.165) is 151 Å². The fourth-order valence-electron chi connectivity index (χ4n) is 16.5. The van der Waals surface area contributed by atoms with Gasteiger partial charge in [-0.15, -0.1) is 0 Å². The molecule has 6 aliphatic heterocycles. The molecule has 3 fully saturated rings. The fraction of sp³-hybridized carbons (Fsp3) is 0.531. The van der Waals surface area contributed by atoms with Crippen molar-refractivity contribution in [1.82, 2.24) is 43.4 Å². The Balaban J connectivity index is 0.000000140. The van der Waals surface area contributed by atoms with Crippen molar-refractivity contribution < 1.29 is 56.6 Å². The molecule has 6 aromatic rings. The minimum atomic E-state index is -0.769. The number of aryl methyl sites for hydroxylation is 3. The number of anilines is 3. The second kappa shape index (κ2) is 29.5. The molecule has 0 saturated carbocycles. The molecular weight excluding hydrogens is 1340 g/mol. The number of rotatable bonds is 16. The summed E-state index contributed by atoms with van der Waals surface area (Å²) in [4.78, 5) is 116. The van der Waals surface area contributed by atoms with Crippen LogP contribution in [0.5, 0.6) is 0 Å². The first kappa shape index (κ1) is 73.8. The van der Waals surface area contributed by atoms with Crippen LogP contribution in [0.3, 0.4) is 0 Å². The van der Waals surface area contributed by atoms with Crippen LogP contribution < -0.4 is 14.7 Å². The molecular formula is C81H100F2N12O10. The zero-order valence-electron chi connectivity index (χ0n) is 62.9. The number of fused-ring (bicyclic) bond motifs is 9. The minimum Gasteiger partial charge on any atom is -0.447 e. The van der Waals surface area contributed by atoms with E-state index in [9.17, 15) is 42.3 Å². The summed E-state index contributed by atoms with van der Waals surface area (Å²) in [5.74, 6) is 1.86. The van der Waals surface area contributed by atoms with Crippen molar-refractivity contribution in [2.45, 2.75) is 234 Å². The Morgan fingerprint density at radius 3 is 0.943 bits per heavy atom. The van der Waals surface area contributed by atoms with Crippen molar-refractivity contribution >= 4 is 58.8 Å². The maximum Gasteiger partial charge on any atom is 0.410 e. The summed E-state index contributed by atoms with van der Waals surface area (Å²) in [6.45, 7) is 25.0. The Labute approximate surface area is 613 Å². The van der Waals surface area contributed by atoms with E-state index < -0.39 is 28.4 Å². The van der Waals surface area contributed by atoms with Gasteiger partial charge in [-0.1, -0.05) is 68.4 Å². The Morgan fingerprint density at radius 2 is 0.676 bits per heavy atom. The summed E-state index contributed by atoms with van der Waals surface area (Å²) >= 11 is 0. The van der Waals surface area contributed by atoms with Gasteiger partial charge in [0.25, 0.3) is 0 Å². The Bertz CT molecular complexity index is 4290. The molecule has 105 heavy (non-hydrogen) atoms. The molecule has 15 rings (SSSR count). The van der Waals surface area contributed by atoms with Crippen molar-refractivity contribution in [3.63, 3.8) is 0 Å². The Kier molecular flexibility index (Phi) is 20.7. The van der Waals surface area contributed by atoms with Crippen molar-refractivity contribution in [2.24, 2.45) is 5.92 Å². The van der Waals surface area contributed by atoms with Crippen molar-refractivity contribution in [3.05, 3.63) is 164 Å². The van der Waals surface area contributed by atoms with Gasteiger partial charge in [0.15, 0.2) is 5.78 Å². The van der Waals surface area contributed by atoms with Crippen LogP contribution in [0.4, 0.5) is 40.2 Å². The molecule has 558 valence electrons. The van der Waals surface area contributed by atoms with E-state index in [4.69, 9.17) is 29.2 Å². The second-order valence-corrected chi connectivity index (χ2v) is 31.4. The molecule has 0 N–H and O–H groups in total. The van der Waals surface area contributed by atoms with Gasteiger partial charge in [-0.3, -0.25) is 19.2 Å². The van der Waals surface area contributed by atoms with E-state index in [1.165, 1.54) is 0 Å². The third-order valence-electron chi connectivity index (χ3n) is 22.1. The first-order valence-corrected chi connectivity index (χ1v) is 37.6. The number of imidazole rings is 3. The molecule has 9 aliphatic rings. The first-order chi connectivity index (χ1) is 50.1. The monoisotopic (exact) mass is 1440 g/mol. The molecule has 0 bridgehead atoms. The lowest BCUT2D eigenvalue weighted by Crippen LogP contribution is -2.65. The van der Waals surface area contributed by atoms with Crippen LogP contribution in [0.15, 0.2) is 95.6 Å². The molecule has 0 radical (unpaired) electrons. The number of amides is 6. The number of halogens is 2. The first-order valence-electron chi connectivity index (χ1n) is 37.6. The number of para-hydroxylation sites is 3. The number of nitrogens with zero attached hydrogens (tertiary/aromatic N) is 12. The fourth-order valence-corrected chi connectivity index (χ4v) is 16.5. The lowest BCUT2D eigenvalue weighted by atomic mass is 9.75. The standard InChI is InChI=1S/2C27H33FN4O3.C27H34N4O4/c2*1-17(2)20(28)13-31-23-12-8-6-10-21(23)29-24(31)14-32-22-11-7-5-9-19(22)27(25(32)33)15-30(16-27)26(34)35-18(3)4;1-17(2)23(32)13-30-22-12-8-6-10-20(22)28-24(30)14-31-21-11-7-5-9-19(21)27(25(31)33)15-29(16-27)26(34)35-18(3)4/h2*5,7,9,11,18H,6,8,10,12-16H2,1-4H3;5,7,9,11,17-18H,6,8,10,12-16H2,1-4H3. The molecule has 0 unspecified atom stereocenters. The van der Waals surface area contributed by atoms with Crippen molar-refractivity contribution in [1.29, 1.82) is 0 Å². The highest BCUT2D eigenvalue weighted by molar-refractivity contribution is 6.11. The number of benzene rings is 3. The van der Waals surface area contributed by atoms with Crippen LogP contribution in [0.2, 0.25) is 0 Å². The average molecular weight is 1440 g/mol. The number of aromatic nitrogens is 6. The van der Waals surface area contributed by atoms with Crippen molar-refractivity contribution in [3.8, 4) is 0 Å². The van der Waals surface area contributed by atoms with Crippen LogP contribution >= 0.6 is 0 Å². The SMILES string of the molecule is CC(C)=C(F)Cn1c(CN2C(=O)C3(CN(C(=O)OC(C)C)C3)c3ccccc32)nc2c1CCCC2.CC(C)=C(F)Cn1c(CN2C(=O)C3(CN(C(=O)OC(C)C)C3)c3ccccc32)nc2c1CCCC2.CC(C)OC(=O)N1CC2(C1)C(=O)N(Cc1nc3c(n1CC(=O)C(C)C)CCCC3)c1ccccc12. The third-order valence-corrected chi connectivity index (χ3v) is 22.1. The highest BCUT2D eigenvalue weighted by Gasteiger charge is 2.62. The van der Waals surface area contributed by atoms with E-state index in [0.29, 0.717) is 75.2 Å². The lowest BCUT2D eigenvalue weighted by Gasteiger charge is -2.46. The van der Waals surface area contributed by atoms with Crippen LogP contribution in [-0.2, 0) is 127 Å². The van der Waals surface area contributed by atoms with Crippen molar-refractivity contribution in [2.75, 3.05) is 54.0 Å². The second-order valence-electron chi connectivity index (χ2n) is 31.4. The summed E-state index contributed by atoms with van der Waals surface area (Å²) in [6, 6.07) is 23.3. The Morgan fingerprint density at radius 1 is 0.410 bits per heavy atom. The Hall–Kier alpha value is -9.48. The van der Waals surface area contributed by atoms with Crippen LogP contribution in [0, 0.1) is 5.92 Å². The predicted molar refractivity (Wildman–Crippen MR) is 393 cm³/mol. The van der Waals surface area contributed by atoms with E-state index in [1.807, 2.05) is 137 Å². The van der Waals surface area contributed by atoms with E-state index >= 15 is 0 Å². The van der Waals surface area contributed by atoms with Gasteiger partial charge in [0.1, 0.15) is 45.4 Å². The van der Waals surface area contributed by atoms with E-state index in [1.54, 1.807) is 57.1 Å². The number of carbonyl (C=O) groups excluding carboxylic acids is 7. The highest BCUT2D eigenvalue weighted by Crippen LogP contribution is 2.51. The van der Waals surface area contributed by atoms with Gasteiger partial charge in [0.2, 0.25) is 17.7 Å². The lowest BCUT2D eigenvalue weighted by molar-refractivity contribution is -0.129. The quantitative estimate of drug-likeness (QED) is 0.0824. The maximum absolute atomic E-state index is 14.8. The molecule has 9 heterocycles. The smallest absolute Gasteiger partial charge is 0.410 e. The molecule has 6 amide bonds.